The maximum absolute atomic E-state index is 5.29. The SMILES string of the molecule is CC1=CC2=C([N+]=C1)[B-](c1c(C)cc(C)cc1C)(c1c(C)cc(C)cc1C)Cc1ccc(C)cc12. The fraction of sp³-hybridized carbons (Fsp3) is 0.281. The first-order valence-corrected chi connectivity index (χ1v) is 12.5. The first kappa shape index (κ1) is 22.7. The maximum atomic E-state index is 5.29. The molecule has 0 saturated carbocycles. The van der Waals surface area contributed by atoms with E-state index in [1.54, 1.807) is 0 Å². The summed E-state index contributed by atoms with van der Waals surface area (Å²) in [5, 5.41) is 0. The van der Waals surface area contributed by atoms with Gasteiger partial charge in [-0.05, 0) is 67.0 Å². The fourth-order valence-corrected chi connectivity index (χ4v) is 7.29. The van der Waals surface area contributed by atoms with E-state index in [1.165, 1.54) is 77.7 Å². The summed E-state index contributed by atoms with van der Waals surface area (Å²) in [6.45, 7) is 18.0. The molecule has 0 spiro atoms. The number of hydrogen-bond donors (Lipinski definition) is 0. The van der Waals surface area contributed by atoms with Crippen molar-refractivity contribution in [3.63, 3.8) is 0 Å². The molecule has 0 bridgehead atoms. The van der Waals surface area contributed by atoms with Gasteiger partial charge in [0.1, 0.15) is 5.60 Å². The van der Waals surface area contributed by atoms with E-state index < -0.39 is 6.15 Å². The van der Waals surface area contributed by atoms with Gasteiger partial charge < -0.3 is 0 Å². The molecule has 1 radical (unpaired) electrons. The van der Waals surface area contributed by atoms with Crippen LogP contribution in [-0.4, -0.2) is 12.4 Å². The minimum atomic E-state index is -1.30. The second-order valence-corrected chi connectivity index (χ2v) is 11.0. The molecule has 2 heterocycles. The normalized spacial score (nSPS) is 16.3. The quantitative estimate of drug-likeness (QED) is 0.442. The first-order chi connectivity index (χ1) is 16.1. The minimum absolute atomic E-state index is 0.980. The van der Waals surface area contributed by atoms with Crippen molar-refractivity contribution in [1.82, 2.24) is 4.99 Å². The summed E-state index contributed by atoms with van der Waals surface area (Å²) in [7, 11) is 0. The van der Waals surface area contributed by atoms with Crippen LogP contribution in [0.5, 0.6) is 0 Å². The number of nitrogens with zero attached hydrogens (tertiary/aromatic N) is 1. The summed E-state index contributed by atoms with van der Waals surface area (Å²) in [6, 6.07) is 16.5. The van der Waals surface area contributed by atoms with Crippen LogP contribution in [0.15, 0.2) is 59.7 Å². The van der Waals surface area contributed by atoms with E-state index in [9.17, 15) is 0 Å². The third-order valence-electron chi connectivity index (χ3n) is 8.07. The van der Waals surface area contributed by atoms with E-state index in [0.29, 0.717) is 0 Å². The summed E-state index contributed by atoms with van der Waals surface area (Å²) in [6.07, 6.45) is 4.12. The summed E-state index contributed by atoms with van der Waals surface area (Å²) < 4.78 is 0. The molecule has 3 aromatic carbocycles. The number of aryl methyl sites for hydroxylation is 7. The lowest BCUT2D eigenvalue weighted by atomic mass is 9.12. The molecule has 0 fully saturated rings. The largest absolute Gasteiger partial charge is 0.240 e. The molecule has 34 heavy (non-hydrogen) atoms. The number of allylic oxidation sites excluding steroid dienone is 3. The zero-order chi connectivity index (χ0) is 24.4. The molecule has 0 aliphatic carbocycles. The van der Waals surface area contributed by atoms with E-state index >= 15 is 0 Å². The molecule has 2 aliphatic heterocycles. The van der Waals surface area contributed by atoms with Gasteiger partial charge in [0, 0.05) is 16.1 Å². The predicted molar refractivity (Wildman–Crippen MR) is 150 cm³/mol. The van der Waals surface area contributed by atoms with Crippen LogP contribution in [0, 0.1) is 48.5 Å². The van der Waals surface area contributed by atoms with Gasteiger partial charge >= 0.3 is 0 Å². The second-order valence-electron chi connectivity index (χ2n) is 11.0. The number of benzene rings is 3. The van der Waals surface area contributed by atoms with Gasteiger partial charge in [-0.1, -0.05) is 87.0 Å². The third-order valence-corrected chi connectivity index (χ3v) is 8.07. The van der Waals surface area contributed by atoms with Gasteiger partial charge in [0.2, 0.25) is 6.21 Å². The van der Waals surface area contributed by atoms with Crippen LogP contribution in [-0.2, 0) is 6.32 Å². The molecular formula is C32H35BN. The van der Waals surface area contributed by atoms with Gasteiger partial charge in [-0.15, -0.1) is 6.32 Å². The van der Waals surface area contributed by atoms with E-state index in [4.69, 9.17) is 4.99 Å². The Kier molecular flexibility index (Phi) is 5.32. The highest BCUT2D eigenvalue weighted by atomic mass is 14.7. The lowest BCUT2D eigenvalue weighted by Crippen LogP contribution is -2.67. The molecule has 1 nitrogen and oxygen atoms in total. The highest BCUT2D eigenvalue weighted by Crippen LogP contribution is 2.39. The van der Waals surface area contributed by atoms with Crippen molar-refractivity contribution < 1.29 is 0 Å². The number of fused-ring (bicyclic) bond motifs is 2. The Morgan fingerprint density at radius 1 is 0.647 bits per heavy atom. The topological polar surface area (TPSA) is 14.1 Å². The number of rotatable bonds is 2. The Balaban J connectivity index is 2.01. The molecule has 3 aromatic rings. The van der Waals surface area contributed by atoms with Crippen LogP contribution < -0.4 is 15.9 Å². The molecule has 2 heteroatoms. The van der Waals surface area contributed by atoms with Crippen LogP contribution in [0.3, 0.4) is 0 Å². The zero-order valence-electron chi connectivity index (χ0n) is 21.9. The molecule has 5 rings (SSSR count). The number of aliphatic imine (C=N–C) groups is 1. The summed E-state index contributed by atoms with van der Waals surface area (Å²) in [5.41, 5.74) is 19.0. The lowest BCUT2D eigenvalue weighted by molar-refractivity contribution is 1.17. The van der Waals surface area contributed by atoms with Crippen LogP contribution in [0.2, 0.25) is 0 Å². The first-order valence-electron chi connectivity index (χ1n) is 12.5. The van der Waals surface area contributed by atoms with Crippen molar-refractivity contribution in [2.45, 2.75) is 61.7 Å². The van der Waals surface area contributed by atoms with Crippen molar-refractivity contribution in [2.75, 3.05) is 0 Å². The molecule has 0 aromatic heterocycles. The fourth-order valence-electron chi connectivity index (χ4n) is 7.29. The van der Waals surface area contributed by atoms with Crippen molar-refractivity contribution in [3.8, 4) is 0 Å². The Bertz CT molecular complexity index is 1340. The van der Waals surface area contributed by atoms with E-state index in [2.05, 4.69) is 110 Å². The Morgan fingerprint density at radius 3 is 1.71 bits per heavy atom. The summed E-state index contributed by atoms with van der Waals surface area (Å²) in [5.74, 6) is 0. The lowest BCUT2D eigenvalue weighted by Gasteiger charge is -2.46. The highest BCUT2D eigenvalue weighted by molar-refractivity contribution is 7.08. The van der Waals surface area contributed by atoms with Gasteiger partial charge in [-0.2, -0.15) is 10.9 Å². The predicted octanol–water partition coefficient (Wildman–Crippen LogP) is 5.82. The standard InChI is InChI=1S/C32H35BN/c1-19-9-10-27-17-33(30-23(5)11-20(2)12-24(30)6,31-25(7)13-21(3)14-26(31)8)32-29(28(27)15-19)16-22(4)18-34-32/h9-16,18H,17H2,1-8H3. The molecule has 171 valence electrons. The number of hydrogen-bond acceptors (Lipinski definition) is 1. The van der Waals surface area contributed by atoms with Gasteiger partial charge in [0.05, 0.1) is 0 Å². The molecule has 0 atom stereocenters. The van der Waals surface area contributed by atoms with Crippen LogP contribution in [0.1, 0.15) is 57.0 Å². The smallest absolute Gasteiger partial charge is 0.186 e. The van der Waals surface area contributed by atoms with Crippen molar-refractivity contribution in [3.05, 3.63) is 110 Å². The molecule has 0 amide bonds. The molecule has 0 saturated heterocycles. The van der Waals surface area contributed by atoms with Gasteiger partial charge in [0.15, 0.2) is 6.15 Å². The van der Waals surface area contributed by atoms with Gasteiger partial charge in [-0.3, -0.25) is 0 Å². The molecule has 2 aliphatic rings. The highest BCUT2D eigenvalue weighted by Gasteiger charge is 2.47. The van der Waals surface area contributed by atoms with Crippen LogP contribution in [0.25, 0.3) is 5.57 Å². The second kappa shape index (κ2) is 7.98. The summed E-state index contributed by atoms with van der Waals surface area (Å²) in [4.78, 5) is 5.29. The van der Waals surface area contributed by atoms with E-state index in [0.717, 1.165) is 6.32 Å². The zero-order valence-corrected chi connectivity index (χ0v) is 21.9. The average Bonchev–Trinajstić information content (AvgIpc) is 2.72. The van der Waals surface area contributed by atoms with E-state index in [-0.39, 0.29) is 0 Å². The van der Waals surface area contributed by atoms with Gasteiger partial charge in [-0.25, -0.2) is 0 Å². The molecule has 0 N–H and O–H groups in total. The maximum Gasteiger partial charge on any atom is 0.240 e. The van der Waals surface area contributed by atoms with Crippen molar-refractivity contribution in [2.24, 2.45) is 0 Å². The van der Waals surface area contributed by atoms with Crippen molar-refractivity contribution >= 4 is 28.9 Å². The minimum Gasteiger partial charge on any atom is -0.186 e. The molecular weight excluding hydrogens is 409 g/mol. The van der Waals surface area contributed by atoms with Crippen LogP contribution >= 0.6 is 0 Å². The monoisotopic (exact) mass is 444 g/mol. The van der Waals surface area contributed by atoms with Gasteiger partial charge in [0.25, 0.3) is 0 Å². The Morgan fingerprint density at radius 2 is 1.18 bits per heavy atom. The Labute approximate surface area is 205 Å². The third kappa shape index (κ3) is 3.35. The molecule has 0 unspecified atom stereocenters. The Hall–Kier alpha value is -3.13. The van der Waals surface area contributed by atoms with E-state index in [1.807, 2.05) is 0 Å². The van der Waals surface area contributed by atoms with Crippen molar-refractivity contribution in [1.29, 1.82) is 0 Å². The van der Waals surface area contributed by atoms with Crippen LogP contribution in [0.4, 0.5) is 0 Å². The summed E-state index contributed by atoms with van der Waals surface area (Å²) >= 11 is 0. The average molecular weight is 444 g/mol.